The quantitative estimate of drug-likeness (QED) is 0.757. The minimum Gasteiger partial charge on any atom is -0.469 e. The number of anilines is 1. The smallest absolute Gasteiger partial charge is 0.109 e. The Morgan fingerprint density at radius 3 is 3.14 bits per heavy atom. The SMILES string of the molecule is c1cc(NC2CCCc3occc32)cc(-c2ccn[nH]2)c1. The van der Waals surface area contributed by atoms with Crippen molar-refractivity contribution in [3.05, 3.63) is 60.2 Å². The molecule has 0 amide bonds. The Balaban J connectivity index is 1.60. The van der Waals surface area contributed by atoms with Crippen molar-refractivity contribution >= 4 is 5.69 Å². The van der Waals surface area contributed by atoms with Gasteiger partial charge in [-0.1, -0.05) is 12.1 Å². The molecule has 0 aliphatic heterocycles. The van der Waals surface area contributed by atoms with Crippen LogP contribution in [0.3, 0.4) is 0 Å². The van der Waals surface area contributed by atoms with Gasteiger partial charge in [0.25, 0.3) is 0 Å². The van der Waals surface area contributed by atoms with Crippen LogP contribution in [-0.4, -0.2) is 10.2 Å². The summed E-state index contributed by atoms with van der Waals surface area (Å²) in [7, 11) is 0. The summed E-state index contributed by atoms with van der Waals surface area (Å²) in [6.07, 6.45) is 6.92. The van der Waals surface area contributed by atoms with E-state index in [4.69, 9.17) is 4.42 Å². The van der Waals surface area contributed by atoms with E-state index in [2.05, 4.69) is 45.8 Å². The Labute approximate surface area is 123 Å². The fraction of sp³-hybridized carbons (Fsp3) is 0.235. The van der Waals surface area contributed by atoms with Crippen molar-refractivity contribution in [1.29, 1.82) is 0 Å². The minimum atomic E-state index is 0.338. The molecule has 4 heteroatoms. The zero-order chi connectivity index (χ0) is 14.1. The summed E-state index contributed by atoms with van der Waals surface area (Å²) < 4.78 is 5.55. The van der Waals surface area contributed by atoms with Crippen LogP contribution >= 0.6 is 0 Å². The molecule has 1 aliphatic carbocycles. The highest BCUT2D eigenvalue weighted by Gasteiger charge is 2.22. The zero-order valence-corrected chi connectivity index (χ0v) is 11.7. The molecule has 0 saturated carbocycles. The highest BCUT2D eigenvalue weighted by atomic mass is 16.3. The number of nitrogens with zero attached hydrogens (tertiary/aromatic N) is 1. The third-order valence-electron chi connectivity index (χ3n) is 4.07. The number of nitrogens with one attached hydrogen (secondary N) is 2. The molecule has 1 atom stereocenters. The van der Waals surface area contributed by atoms with Gasteiger partial charge in [-0.05, 0) is 37.1 Å². The number of benzene rings is 1. The Bertz CT molecular complexity index is 730. The van der Waals surface area contributed by atoms with Crippen molar-refractivity contribution in [3.63, 3.8) is 0 Å². The molecule has 0 saturated heterocycles. The third kappa shape index (κ3) is 2.33. The summed E-state index contributed by atoms with van der Waals surface area (Å²) in [5.41, 5.74) is 4.60. The van der Waals surface area contributed by atoms with E-state index in [1.54, 1.807) is 12.5 Å². The predicted molar refractivity (Wildman–Crippen MR) is 82.0 cm³/mol. The Morgan fingerprint density at radius 2 is 2.24 bits per heavy atom. The molecule has 3 aromatic rings. The highest BCUT2D eigenvalue weighted by Crippen LogP contribution is 2.33. The van der Waals surface area contributed by atoms with Gasteiger partial charge in [-0.2, -0.15) is 5.10 Å². The average molecular weight is 279 g/mol. The number of rotatable bonds is 3. The maximum Gasteiger partial charge on any atom is 0.109 e. The summed E-state index contributed by atoms with van der Waals surface area (Å²) >= 11 is 0. The standard InChI is InChI=1S/C17H17N3O/c1-3-12(15-7-9-18-20-15)11-13(4-1)19-16-5-2-6-17-14(16)8-10-21-17/h1,3-4,7-11,16,19H,2,5-6H2,(H,18,20). The molecule has 21 heavy (non-hydrogen) atoms. The normalized spacial score (nSPS) is 17.4. The molecule has 0 fully saturated rings. The number of fused-ring (bicyclic) bond motifs is 1. The molecule has 0 bridgehead atoms. The number of H-pyrrole nitrogens is 1. The largest absolute Gasteiger partial charge is 0.469 e. The van der Waals surface area contributed by atoms with Crippen molar-refractivity contribution in [3.8, 4) is 11.3 Å². The monoisotopic (exact) mass is 279 g/mol. The van der Waals surface area contributed by atoms with Gasteiger partial charge < -0.3 is 9.73 Å². The van der Waals surface area contributed by atoms with Gasteiger partial charge in [0.1, 0.15) is 5.76 Å². The summed E-state index contributed by atoms with van der Waals surface area (Å²) in [4.78, 5) is 0. The highest BCUT2D eigenvalue weighted by molar-refractivity contribution is 5.65. The third-order valence-corrected chi connectivity index (χ3v) is 4.07. The van der Waals surface area contributed by atoms with Gasteiger partial charge in [-0.3, -0.25) is 5.10 Å². The van der Waals surface area contributed by atoms with Crippen molar-refractivity contribution in [1.82, 2.24) is 10.2 Å². The van der Waals surface area contributed by atoms with Crippen LogP contribution < -0.4 is 5.32 Å². The number of hydrogen-bond acceptors (Lipinski definition) is 3. The summed E-state index contributed by atoms with van der Waals surface area (Å²) in [5.74, 6) is 1.13. The molecule has 2 heterocycles. The van der Waals surface area contributed by atoms with Crippen LogP contribution in [0.2, 0.25) is 0 Å². The molecule has 4 nitrogen and oxygen atoms in total. The van der Waals surface area contributed by atoms with E-state index in [1.807, 2.05) is 6.07 Å². The number of furan rings is 1. The lowest BCUT2D eigenvalue weighted by atomic mass is 9.93. The molecule has 1 aromatic carbocycles. The van der Waals surface area contributed by atoms with Gasteiger partial charge >= 0.3 is 0 Å². The van der Waals surface area contributed by atoms with Gasteiger partial charge in [0, 0.05) is 29.4 Å². The number of aryl methyl sites for hydroxylation is 1. The Morgan fingerprint density at radius 1 is 1.24 bits per heavy atom. The molecule has 4 rings (SSSR count). The molecule has 1 unspecified atom stereocenters. The first-order chi connectivity index (χ1) is 10.4. The fourth-order valence-corrected chi connectivity index (χ4v) is 3.03. The van der Waals surface area contributed by atoms with E-state index >= 15 is 0 Å². The molecule has 1 aliphatic rings. The van der Waals surface area contributed by atoms with Crippen LogP contribution in [0, 0.1) is 0 Å². The van der Waals surface area contributed by atoms with E-state index in [0.717, 1.165) is 35.5 Å². The van der Waals surface area contributed by atoms with Crippen LogP contribution in [0.25, 0.3) is 11.3 Å². The summed E-state index contributed by atoms with van der Waals surface area (Å²) in [6, 6.07) is 12.8. The first kappa shape index (κ1) is 12.3. The van der Waals surface area contributed by atoms with Crippen LogP contribution in [0.4, 0.5) is 5.69 Å². The maximum atomic E-state index is 5.55. The van der Waals surface area contributed by atoms with Crippen LogP contribution in [-0.2, 0) is 6.42 Å². The Kier molecular flexibility index (Phi) is 2.99. The van der Waals surface area contributed by atoms with Gasteiger partial charge in [0.05, 0.1) is 18.0 Å². The summed E-state index contributed by atoms with van der Waals surface area (Å²) in [5, 5.41) is 10.6. The molecule has 0 spiro atoms. The van der Waals surface area contributed by atoms with Gasteiger partial charge in [0.15, 0.2) is 0 Å². The van der Waals surface area contributed by atoms with E-state index in [-0.39, 0.29) is 0 Å². The predicted octanol–water partition coefficient (Wildman–Crippen LogP) is 4.16. The second-order valence-electron chi connectivity index (χ2n) is 5.44. The van der Waals surface area contributed by atoms with Crippen molar-refractivity contribution < 1.29 is 4.42 Å². The molecule has 2 N–H and O–H groups in total. The topological polar surface area (TPSA) is 53.9 Å². The fourth-order valence-electron chi connectivity index (χ4n) is 3.03. The van der Waals surface area contributed by atoms with Crippen molar-refractivity contribution in [2.24, 2.45) is 0 Å². The zero-order valence-electron chi connectivity index (χ0n) is 11.7. The van der Waals surface area contributed by atoms with Gasteiger partial charge in [-0.15, -0.1) is 0 Å². The van der Waals surface area contributed by atoms with Crippen LogP contribution in [0.15, 0.2) is 53.3 Å². The first-order valence-electron chi connectivity index (χ1n) is 7.33. The van der Waals surface area contributed by atoms with Crippen molar-refractivity contribution in [2.75, 3.05) is 5.32 Å². The number of aromatic nitrogens is 2. The van der Waals surface area contributed by atoms with Crippen LogP contribution in [0.5, 0.6) is 0 Å². The van der Waals surface area contributed by atoms with E-state index < -0.39 is 0 Å². The first-order valence-corrected chi connectivity index (χ1v) is 7.33. The van der Waals surface area contributed by atoms with E-state index in [1.165, 1.54) is 12.0 Å². The second kappa shape index (κ2) is 5.13. The maximum absolute atomic E-state index is 5.55. The molecular weight excluding hydrogens is 262 g/mol. The number of hydrogen-bond donors (Lipinski definition) is 2. The Hall–Kier alpha value is -2.49. The van der Waals surface area contributed by atoms with Gasteiger partial charge in [0.2, 0.25) is 0 Å². The second-order valence-corrected chi connectivity index (χ2v) is 5.44. The van der Waals surface area contributed by atoms with E-state index in [0.29, 0.717) is 6.04 Å². The number of aromatic amines is 1. The lowest BCUT2D eigenvalue weighted by Crippen LogP contribution is -2.15. The lowest BCUT2D eigenvalue weighted by molar-refractivity contribution is 0.461. The summed E-state index contributed by atoms with van der Waals surface area (Å²) in [6.45, 7) is 0. The molecule has 2 aromatic heterocycles. The average Bonchev–Trinajstić information content (AvgIpc) is 3.20. The van der Waals surface area contributed by atoms with Gasteiger partial charge in [-0.25, -0.2) is 0 Å². The molecular formula is C17H17N3O. The van der Waals surface area contributed by atoms with E-state index in [9.17, 15) is 0 Å². The van der Waals surface area contributed by atoms with Crippen LogP contribution in [0.1, 0.15) is 30.2 Å². The lowest BCUT2D eigenvalue weighted by Gasteiger charge is -2.24. The molecule has 106 valence electrons. The minimum absolute atomic E-state index is 0.338. The van der Waals surface area contributed by atoms with Crippen molar-refractivity contribution in [2.45, 2.75) is 25.3 Å². The molecule has 0 radical (unpaired) electrons.